The molecule has 0 saturated heterocycles. The van der Waals surface area contributed by atoms with Crippen LogP contribution in [0.1, 0.15) is 25.7 Å². The summed E-state index contributed by atoms with van der Waals surface area (Å²) in [7, 11) is 1.73. The highest BCUT2D eigenvalue weighted by atomic mass is 32.1. The van der Waals surface area contributed by atoms with E-state index in [0.717, 1.165) is 11.8 Å². The topological polar surface area (TPSA) is 18.5 Å². The van der Waals surface area contributed by atoms with Gasteiger partial charge in [0.1, 0.15) is 0 Å². The SMILES string of the molecule is CO[Si](C)(CCCCCCS)OC. The van der Waals surface area contributed by atoms with Crippen molar-refractivity contribution in [3.05, 3.63) is 0 Å². The van der Waals surface area contributed by atoms with Crippen molar-refractivity contribution in [1.29, 1.82) is 0 Å². The third-order valence-electron chi connectivity index (χ3n) is 2.40. The minimum atomic E-state index is -1.78. The van der Waals surface area contributed by atoms with Crippen molar-refractivity contribution < 1.29 is 8.85 Å². The third-order valence-corrected chi connectivity index (χ3v) is 5.71. The molecule has 2 nitrogen and oxygen atoms in total. The van der Waals surface area contributed by atoms with Crippen molar-refractivity contribution in [3.8, 4) is 0 Å². The zero-order valence-corrected chi connectivity index (χ0v) is 10.9. The molecular formula is C9H22O2SSi. The van der Waals surface area contributed by atoms with E-state index in [0.29, 0.717) is 0 Å². The third kappa shape index (κ3) is 6.54. The van der Waals surface area contributed by atoms with Crippen LogP contribution in [0, 0.1) is 0 Å². The average molecular weight is 222 g/mol. The standard InChI is InChI=1S/C9H22O2SSi/c1-10-13(3,11-2)9-7-5-4-6-8-12/h12H,4-9H2,1-3H3. The molecule has 0 aliphatic rings. The Kier molecular flexibility index (Phi) is 8.14. The highest BCUT2D eigenvalue weighted by Crippen LogP contribution is 2.16. The molecule has 0 aliphatic heterocycles. The van der Waals surface area contributed by atoms with Gasteiger partial charge in [-0.05, 0) is 24.8 Å². The normalized spacial score (nSPS) is 12.0. The second kappa shape index (κ2) is 7.85. The molecule has 4 heteroatoms. The van der Waals surface area contributed by atoms with E-state index in [9.17, 15) is 0 Å². The quantitative estimate of drug-likeness (QED) is 0.387. The Hall–Kier alpha value is 0.487. The Balaban J connectivity index is 3.39. The van der Waals surface area contributed by atoms with E-state index in [1.54, 1.807) is 14.2 Å². The predicted octanol–water partition coefficient (Wildman–Crippen LogP) is 2.84. The van der Waals surface area contributed by atoms with Crippen LogP contribution >= 0.6 is 12.6 Å². The van der Waals surface area contributed by atoms with Gasteiger partial charge in [0.2, 0.25) is 0 Å². The lowest BCUT2D eigenvalue weighted by Gasteiger charge is -2.22. The lowest BCUT2D eigenvalue weighted by Crippen LogP contribution is -2.35. The van der Waals surface area contributed by atoms with Crippen molar-refractivity contribution in [1.82, 2.24) is 0 Å². The first kappa shape index (κ1) is 13.5. The molecule has 0 aromatic heterocycles. The Labute approximate surface area is 88.7 Å². The molecule has 0 N–H and O–H groups in total. The Morgan fingerprint density at radius 2 is 1.54 bits per heavy atom. The smallest absolute Gasteiger partial charge is 0.334 e. The van der Waals surface area contributed by atoms with Gasteiger partial charge < -0.3 is 8.85 Å². The summed E-state index contributed by atoms with van der Waals surface area (Å²) in [5, 5.41) is 0. The fourth-order valence-corrected chi connectivity index (χ4v) is 2.89. The Morgan fingerprint density at radius 3 is 2.00 bits per heavy atom. The molecule has 0 bridgehead atoms. The fraction of sp³-hybridized carbons (Fsp3) is 1.00. The van der Waals surface area contributed by atoms with Gasteiger partial charge in [0.05, 0.1) is 0 Å². The molecule has 0 rings (SSSR count). The van der Waals surface area contributed by atoms with Crippen LogP contribution < -0.4 is 0 Å². The van der Waals surface area contributed by atoms with Crippen LogP contribution in [0.3, 0.4) is 0 Å². The van der Waals surface area contributed by atoms with Crippen molar-refractivity contribution >= 4 is 21.2 Å². The summed E-state index contributed by atoms with van der Waals surface area (Å²) in [5.74, 6) is 1.00. The number of hydrogen-bond acceptors (Lipinski definition) is 3. The molecule has 0 unspecified atom stereocenters. The largest absolute Gasteiger partial charge is 0.398 e. The number of rotatable bonds is 8. The maximum absolute atomic E-state index is 5.40. The van der Waals surface area contributed by atoms with E-state index in [2.05, 4.69) is 19.2 Å². The van der Waals surface area contributed by atoms with Gasteiger partial charge in [0, 0.05) is 14.2 Å². The molecule has 0 amide bonds. The van der Waals surface area contributed by atoms with Crippen molar-refractivity contribution in [3.63, 3.8) is 0 Å². The minimum Gasteiger partial charge on any atom is -0.398 e. The van der Waals surface area contributed by atoms with Crippen LogP contribution in [0.25, 0.3) is 0 Å². The summed E-state index contributed by atoms with van der Waals surface area (Å²) in [6.07, 6.45) is 5.00. The second-order valence-corrected chi connectivity index (χ2v) is 7.46. The lowest BCUT2D eigenvalue weighted by atomic mass is 10.2. The van der Waals surface area contributed by atoms with Crippen LogP contribution in [-0.2, 0) is 8.85 Å². The highest BCUT2D eigenvalue weighted by Gasteiger charge is 2.27. The van der Waals surface area contributed by atoms with E-state index < -0.39 is 8.56 Å². The monoisotopic (exact) mass is 222 g/mol. The zero-order chi connectivity index (χ0) is 10.2. The van der Waals surface area contributed by atoms with Crippen LogP contribution in [0.2, 0.25) is 12.6 Å². The summed E-state index contributed by atoms with van der Waals surface area (Å²) in [6.45, 7) is 2.12. The van der Waals surface area contributed by atoms with E-state index in [1.165, 1.54) is 25.7 Å². The predicted molar refractivity (Wildman–Crippen MR) is 62.8 cm³/mol. The maximum atomic E-state index is 5.40. The van der Waals surface area contributed by atoms with Crippen LogP contribution in [0.4, 0.5) is 0 Å². The molecule has 0 fully saturated rings. The van der Waals surface area contributed by atoms with E-state index in [4.69, 9.17) is 8.85 Å². The minimum absolute atomic E-state index is 1.00. The number of hydrogen-bond donors (Lipinski definition) is 1. The second-order valence-electron chi connectivity index (χ2n) is 3.43. The van der Waals surface area contributed by atoms with E-state index >= 15 is 0 Å². The van der Waals surface area contributed by atoms with Crippen LogP contribution in [0.5, 0.6) is 0 Å². The van der Waals surface area contributed by atoms with Crippen molar-refractivity contribution in [2.24, 2.45) is 0 Å². The summed E-state index contributed by atoms with van der Waals surface area (Å²) < 4.78 is 10.8. The van der Waals surface area contributed by atoms with Gasteiger partial charge in [-0.3, -0.25) is 0 Å². The average Bonchev–Trinajstić information content (AvgIpc) is 2.17. The molecule has 0 aromatic rings. The van der Waals surface area contributed by atoms with Gasteiger partial charge in [0.25, 0.3) is 0 Å². The van der Waals surface area contributed by atoms with Crippen molar-refractivity contribution in [2.45, 2.75) is 38.3 Å². The summed E-state index contributed by atoms with van der Waals surface area (Å²) >= 11 is 4.18. The summed E-state index contributed by atoms with van der Waals surface area (Å²) in [6, 6.07) is 1.10. The molecule has 0 heterocycles. The van der Waals surface area contributed by atoms with Crippen LogP contribution in [0.15, 0.2) is 0 Å². The van der Waals surface area contributed by atoms with Gasteiger partial charge in [0.15, 0.2) is 0 Å². The number of unbranched alkanes of at least 4 members (excludes halogenated alkanes) is 3. The molecule has 0 aromatic carbocycles. The fourth-order valence-electron chi connectivity index (χ4n) is 1.20. The van der Waals surface area contributed by atoms with E-state index in [1.807, 2.05) is 0 Å². The summed E-state index contributed by atoms with van der Waals surface area (Å²) in [5.41, 5.74) is 0. The van der Waals surface area contributed by atoms with Gasteiger partial charge in [-0.15, -0.1) is 0 Å². The molecule has 0 saturated carbocycles. The molecule has 0 atom stereocenters. The highest BCUT2D eigenvalue weighted by molar-refractivity contribution is 7.80. The summed E-state index contributed by atoms with van der Waals surface area (Å²) in [4.78, 5) is 0. The zero-order valence-electron chi connectivity index (χ0n) is 9.01. The van der Waals surface area contributed by atoms with Gasteiger partial charge in [-0.1, -0.05) is 19.3 Å². The molecular weight excluding hydrogens is 200 g/mol. The number of thiol groups is 1. The first-order chi connectivity index (χ1) is 6.18. The maximum Gasteiger partial charge on any atom is 0.334 e. The Bertz CT molecular complexity index is 118. The van der Waals surface area contributed by atoms with Crippen LogP contribution in [-0.4, -0.2) is 28.5 Å². The molecule has 13 heavy (non-hydrogen) atoms. The Morgan fingerprint density at radius 1 is 1.00 bits per heavy atom. The van der Waals surface area contributed by atoms with E-state index in [-0.39, 0.29) is 0 Å². The van der Waals surface area contributed by atoms with Gasteiger partial charge >= 0.3 is 8.56 Å². The molecule has 80 valence electrons. The van der Waals surface area contributed by atoms with Gasteiger partial charge in [-0.2, -0.15) is 12.6 Å². The molecule has 0 aliphatic carbocycles. The van der Waals surface area contributed by atoms with Crippen molar-refractivity contribution in [2.75, 3.05) is 20.0 Å². The first-order valence-corrected chi connectivity index (χ1v) is 8.05. The lowest BCUT2D eigenvalue weighted by molar-refractivity contribution is 0.248. The molecule has 0 radical (unpaired) electrons. The first-order valence-electron chi connectivity index (χ1n) is 4.89. The van der Waals surface area contributed by atoms with Gasteiger partial charge in [-0.25, -0.2) is 0 Å². The molecule has 0 spiro atoms.